The summed E-state index contributed by atoms with van der Waals surface area (Å²) >= 11 is 13.3. The standard InChI is InChI=1S/C18H14Cl2N2O2S/c1-2-24-16-6-4-3-5-13(16)15-10-25-18(21-15)22-17(23)12-8-7-11(19)9-14(12)20/h3-10H,2H2,1H3,(H,21,22,23). The lowest BCUT2D eigenvalue weighted by molar-refractivity contribution is 0.102. The summed E-state index contributed by atoms with van der Waals surface area (Å²) in [7, 11) is 0. The van der Waals surface area contributed by atoms with E-state index < -0.39 is 0 Å². The largest absolute Gasteiger partial charge is 0.493 e. The Morgan fingerprint density at radius 1 is 1.24 bits per heavy atom. The third kappa shape index (κ3) is 4.12. The topological polar surface area (TPSA) is 51.2 Å². The maximum atomic E-state index is 12.4. The molecule has 0 unspecified atom stereocenters. The molecule has 0 fully saturated rings. The Bertz CT molecular complexity index is 912. The zero-order valence-electron chi connectivity index (χ0n) is 13.3. The lowest BCUT2D eigenvalue weighted by Gasteiger charge is -2.07. The Balaban J connectivity index is 1.81. The molecule has 0 radical (unpaired) electrons. The van der Waals surface area contributed by atoms with E-state index in [1.54, 1.807) is 12.1 Å². The molecule has 3 rings (SSSR count). The van der Waals surface area contributed by atoms with Gasteiger partial charge in [-0.25, -0.2) is 4.98 Å². The predicted molar refractivity (Wildman–Crippen MR) is 103 cm³/mol. The van der Waals surface area contributed by atoms with Gasteiger partial charge < -0.3 is 4.74 Å². The molecule has 7 heteroatoms. The second-order valence-corrected chi connectivity index (χ2v) is 6.75. The highest BCUT2D eigenvalue weighted by Crippen LogP contribution is 2.32. The Hall–Kier alpha value is -2.08. The molecule has 1 heterocycles. The number of hydrogen-bond acceptors (Lipinski definition) is 4. The second-order valence-electron chi connectivity index (χ2n) is 5.05. The normalized spacial score (nSPS) is 10.5. The van der Waals surface area contributed by atoms with Crippen LogP contribution in [0.4, 0.5) is 5.13 Å². The summed E-state index contributed by atoms with van der Waals surface area (Å²) in [6.45, 7) is 2.50. The molecule has 1 amide bonds. The SMILES string of the molecule is CCOc1ccccc1-c1csc(NC(=O)c2ccc(Cl)cc2Cl)n1. The molecule has 0 aliphatic carbocycles. The van der Waals surface area contributed by atoms with Crippen LogP contribution in [0, 0.1) is 0 Å². The van der Waals surface area contributed by atoms with Crippen LogP contribution in [0.15, 0.2) is 47.8 Å². The van der Waals surface area contributed by atoms with Crippen LogP contribution in [0.5, 0.6) is 5.75 Å². The molecule has 25 heavy (non-hydrogen) atoms. The molecule has 0 aliphatic rings. The fraction of sp³-hybridized carbons (Fsp3) is 0.111. The smallest absolute Gasteiger partial charge is 0.258 e. The van der Waals surface area contributed by atoms with Crippen molar-refractivity contribution in [2.75, 3.05) is 11.9 Å². The zero-order valence-corrected chi connectivity index (χ0v) is 15.6. The average molecular weight is 393 g/mol. The summed E-state index contributed by atoms with van der Waals surface area (Å²) in [6.07, 6.45) is 0. The van der Waals surface area contributed by atoms with Crippen LogP contribution >= 0.6 is 34.5 Å². The van der Waals surface area contributed by atoms with Gasteiger partial charge in [-0.05, 0) is 37.3 Å². The van der Waals surface area contributed by atoms with Gasteiger partial charge in [0.2, 0.25) is 0 Å². The van der Waals surface area contributed by atoms with Crippen LogP contribution in [-0.2, 0) is 0 Å². The maximum Gasteiger partial charge on any atom is 0.258 e. The van der Waals surface area contributed by atoms with Crippen LogP contribution in [0.1, 0.15) is 17.3 Å². The molecule has 128 valence electrons. The Labute approximate surface area is 159 Å². The Morgan fingerprint density at radius 2 is 2.04 bits per heavy atom. The van der Waals surface area contributed by atoms with Crippen molar-refractivity contribution in [1.82, 2.24) is 4.98 Å². The minimum atomic E-state index is -0.333. The lowest BCUT2D eigenvalue weighted by Crippen LogP contribution is -2.12. The van der Waals surface area contributed by atoms with Crippen molar-refractivity contribution in [1.29, 1.82) is 0 Å². The molecule has 0 spiro atoms. The molecule has 4 nitrogen and oxygen atoms in total. The van der Waals surface area contributed by atoms with Gasteiger partial charge in [-0.3, -0.25) is 10.1 Å². The first kappa shape index (κ1) is 17.7. The molecule has 0 aliphatic heterocycles. The predicted octanol–water partition coefficient (Wildman–Crippen LogP) is 5.77. The van der Waals surface area contributed by atoms with Crippen LogP contribution in [0.2, 0.25) is 10.0 Å². The summed E-state index contributed by atoms with van der Waals surface area (Å²) in [6, 6.07) is 12.4. The van der Waals surface area contributed by atoms with Crippen molar-refractivity contribution in [3.8, 4) is 17.0 Å². The number of thiazole rings is 1. The van der Waals surface area contributed by atoms with Crippen molar-refractivity contribution in [2.24, 2.45) is 0 Å². The van der Waals surface area contributed by atoms with Crippen LogP contribution in [0.25, 0.3) is 11.3 Å². The average Bonchev–Trinajstić information content (AvgIpc) is 3.03. The first-order valence-electron chi connectivity index (χ1n) is 7.52. The van der Waals surface area contributed by atoms with Gasteiger partial charge >= 0.3 is 0 Å². The van der Waals surface area contributed by atoms with E-state index in [-0.39, 0.29) is 5.91 Å². The van der Waals surface area contributed by atoms with Crippen molar-refractivity contribution in [2.45, 2.75) is 6.92 Å². The van der Waals surface area contributed by atoms with E-state index in [9.17, 15) is 4.79 Å². The summed E-state index contributed by atoms with van der Waals surface area (Å²) in [5.74, 6) is 0.426. The Kier molecular flexibility index (Phi) is 5.58. The van der Waals surface area contributed by atoms with Gasteiger partial charge in [0.05, 0.1) is 22.9 Å². The van der Waals surface area contributed by atoms with E-state index in [1.165, 1.54) is 17.4 Å². The number of carbonyl (C=O) groups excluding carboxylic acids is 1. The van der Waals surface area contributed by atoms with Gasteiger partial charge in [0.15, 0.2) is 5.13 Å². The second kappa shape index (κ2) is 7.87. The molecule has 0 bridgehead atoms. The quantitative estimate of drug-likeness (QED) is 0.599. The summed E-state index contributed by atoms with van der Waals surface area (Å²) in [5.41, 5.74) is 1.97. The van der Waals surface area contributed by atoms with Gasteiger partial charge in [0.1, 0.15) is 5.75 Å². The van der Waals surface area contributed by atoms with E-state index in [0.717, 1.165) is 17.0 Å². The number of nitrogens with one attached hydrogen (secondary N) is 1. The number of nitrogens with zero attached hydrogens (tertiary/aromatic N) is 1. The summed E-state index contributed by atoms with van der Waals surface area (Å²) < 4.78 is 5.63. The first-order valence-corrected chi connectivity index (χ1v) is 9.16. The molecule has 2 aromatic carbocycles. The number of rotatable bonds is 5. The number of aromatic nitrogens is 1. The van der Waals surface area contributed by atoms with Crippen molar-refractivity contribution in [3.63, 3.8) is 0 Å². The fourth-order valence-corrected chi connectivity index (χ4v) is 3.45. The molecule has 0 saturated carbocycles. The zero-order chi connectivity index (χ0) is 17.8. The van der Waals surface area contributed by atoms with E-state index in [2.05, 4.69) is 10.3 Å². The van der Waals surface area contributed by atoms with Crippen LogP contribution in [-0.4, -0.2) is 17.5 Å². The molecule has 1 aromatic heterocycles. The van der Waals surface area contributed by atoms with Gasteiger partial charge in [-0.15, -0.1) is 11.3 Å². The molecule has 0 atom stereocenters. The highest BCUT2D eigenvalue weighted by atomic mass is 35.5. The monoisotopic (exact) mass is 392 g/mol. The third-order valence-corrected chi connectivity index (χ3v) is 4.67. The fourth-order valence-electron chi connectivity index (χ4n) is 2.25. The third-order valence-electron chi connectivity index (χ3n) is 3.36. The van der Waals surface area contributed by atoms with E-state index in [1.807, 2.05) is 36.6 Å². The first-order chi connectivity index (χ1) is 12.1. The number of amides is 1. The van der Waals surface area contributed by atoms with Crippen LogP contribution in [0.3, 0.4) is 0 Å². The maximum absolute atomic E-state index is 12.4. The molecule has 3 aromatic rings. The minimum Gasteiger partial charge on any atom is -0.493 e. The van der Waals surface area contributed by atoms with E-state index in [0.29, 0.717) is 27.3 Å². The number of ether oxygens (including phenoxy) is 1. The number of benzene rings is 2. The molecular weight excluding hydrogens is 379 g/mol. The molecule has 0 saturated heterocycles. The summed E-state index contributed by atoms with van der Waals surface area (Å²) in [5, 5.41) is 5.89. The number of hydrogen-bond donors (Lipinski definition) is 1. The number of carbonyl (C=O) groups is 1. The van der Waals surface area contributed by atoms with Gasteiger partial charge in [-0.2, -0.15) is 0 Å². The summed E-state index contributed by atoms with van der Waals surface area (Å²) in [4.78, 5) is 16.8. The van der Waals surface area contributed by atoms with Gasteiger partial charge in [0, 0.05) is 16.0 Å². The highest BCUT2D eigenvalue weighted by molar-refractivity contribution is 7.14. The van der Waals surface area contributed by atoms with Gasteiger partial charge in [-0.1, -0.05) is 35.3 Å². The number of anilines is 1. The van der Waals surface area contributed by atoms with E-state index >= 15 is 0 Å². The minimum absolute atomic E-state index is 0.295. The van der Waals surface area contributed by atoms with Crippen LogP contribution < -0.4 is 10.1 Å². The number of halogens is 2. The van der Waals surface area contributed by atoms with Gasteiger partial charge in [0.25, 0.3) is 5.91 Å². The molecule has 1 N–H and O–H groups in total. The lowest BCUT2D eigenvalue weighted by atomic mass is 10.1. The van der Waals surface area contributed by atoms with Crippen molar-refractivity contribution < 1.29 is 9.53 Å². The molecular formula is C18H14Cl2N2O2S. The number of para-hydroxylation sites is 1. The van der Waals surface area contributed by atoms with Crippen molar-refractivity contribution in [3.05, 3.63) is 63.5 Å². The van der Waals surface area contributed by atoms with E-state index in [4.69, 9.17) is 27.9 Å². The highest BCUT2D eigenvalue weighted by Gasteiger charge is 2.14. The Morgan fingerprint density at radius 3 is 2.80 bits per heavy atom. The van der Waals surface area contributed by atoms with Crippen molar-refractivity contribution >= 4 is 45.6 Å².